The number of benzene rings is 1. The van der Waals surface area contributed by atoms with Gasteiger partial charge in [-0.15, -0.1) is 0 Å². The molecule has 4 nitrogen and oxygen atoms in total. The summed E-state index contributed by atoms with van der Waals surface area (Å²) in [6, 6.07) is 5.43. The van der Waals surface area contributed by atoms with Gasteiger partial charge in [-0.1, -0.05) is 26.3 Å². The van der Waals surface area contributed by atoms with Crippen molar-refractivity contribution in [3.8, 4) is 5.75 Å². The highest BCUT2D eigenvalue weighted by atomic mass is 16.5. The fraction of sp³-hybridized carbons (Fsp3) is 0.500. The van der Waals surface area contributed by atoms with Crippen LogP contribution in [-0.4, -0.2) is 18.6 Å². The van der Waals surface area contributed by atoms with Crippen molar-refractivity contribution < 1.29 is 9.53 Å². The van der Waals surface area contributed by atoms with Gasteiger partial charge in [-0.3, -0.25) is 4.79 Å². The molecule has 2 unspecified atom stereocenters. The maximum absolute atomic E-state index is 12.4. The molecule has 0 saturated heterocycles. The number of carbonyl (C=O) groups excluding carboxylic acids is 1. The molecule has 2 atom stereocenters. The van der Waals surface area contributed by atoms with Crippen LogP contribution in [0.3, 0.4) is 0 Å². The molecular formula is C18H26N2O2. The van der Waals surface area contributed by atoms with Crippen molar-refractivity contribution in [2.75, 3.05) is 12.3 Å². The summed E-state index contributed by atoms with van der Waals surface area (Å²) in [7, 11) is 0. The largest absolute Gasteiger partial charge is 0.487 e. The Labute approximate surface area is 132 Å². The average molecular weight is 302 g/mol. The molecule has 22 heavy (non-hydrogen) atoms. The molecule has 3 N–H and O–H groups in total. The van der Waals surface area contributed by atoms with Gasteiger partial charge in [0.25, 0.3) is 5.91 Å². The number of hydrogen-bond donors (Lipinski definition) is 2. The third-order valence-corrected chi connectivity index (χ3v) is 4.18. The van der Waals surface area contributed by atoms with E-state index in [9.17, 15) is 4.79 Å². The van der Waals surface area contributed by atoms with Crippen LogP contribution < -0.4 is 15.8 Å². The third-order valence-electron chi connectivity index (χ3n) is 4.18. The van der Waals surface area contributed by atoms with Gasteiger partial charge >= 0.3 is 0 Å². The van der Waals surface area contributed by atoms with Gasteiger partial charge in [0.2, 0.25) is 0 Å². The van der Waals surface area contributed by atoms with Crippen LogP contribution in [0.1, 0.15) is 49.9 Å². The van der Waals surface area contributed by atoms with E-state index in [2.05, 4.69) is 18.8 Å². The fourth-order valence-electron chi connectivity index (χ4n) is 2.78. The molecule has 1 amide bonds. The standard InChI is InChI=1S/C18H26N2O2/c1-12(2)11-22-17-10-14(8-9-15(17)19)18(21)20-16-7-5-4-6-13(16)3/h8-10,13,16H,1,4-7,11,19H2,2-3H3,(H,20,21). The Hall–Kier alpha value is -1.97. The maximum atomic E-state index is 12.4. The zero-order valence-electron chi connectivity index (χ0n) is 13.5. The maximum Gasteiger partial charge on any atom is 0.251 e. The Morgan fingerprint density at radius 2 is 2.14 bits per heavy atom. The molecule has 2 rings (SSSR count). The topological polar surface area (TPSA) is 64.3 Å². The van der Waals surface area contributed by atoms with Crippen molar-refractivity contribution in [3.63, 3.8) is 0 Å². The number of hydrogen-bond acceptors (Lipinski definition) is 3. The third kappa shape index (κ3) is 4.26. The Morgan fingerprint density at radius 1 is 1.41 bits per heavy atom. The van der Waals surface area contributed by atoms with Gasteiger partial charge in [-0.05, 0) is 49.5 Å². The van der Waals surface area contributed by atoms with E-state index < -0.39 is 0 Å². The fourth-order valence-corrected chi connectivity index (χ4v) is 2.78. The van der Waals surface area contributed by atoms with E-state index >= 15 is 0 Å². The number of nitrogens with one attached hydrogen (secondary N) is 1. The highest BCUT2D eigenvalue weighted by molar-refractivity contribution is 5.95. The van der Waals surface area contributed by atoms with E-state index in [-0.39, 0.29) is 11.9 Å². The van der Waals surface area contributed by atoms with Crippen LogP contribution in [0.25, 0.3) is 0 Å². The van der Waals surface area contributed by atoms with Crippen molar-refractivity contribution >= 4 is 11.6 Å². The second-order valence-electron chi connectivity index (χ2n) is 6.34. The number of anilines is 1. The van der Waals surface area contributed by atoms with Gasteiger partial charge in [0.1, 0.15) is 12.4 Å². The zero-order valence-corrected chi connectivity index (χ0v) is 13.5. The molecule has 1 saturated carbocycles. The first-order valence-electron chi connectivity index (χ1n) is 7.95. The predicted molar refractivity (Wildman–Crippen MR) is 90.0 cm³/mol. The molecule has 120 valence electrons. The van der Waals surface area contributed by atoms with Crippen LogP contribution in [0.5, 0.6) is 5.75 Å². The minimum absolute atomic E-state index is 0.0566. The van der Waals surface area contributed by atoms with Crippen molar-refractivity contribution in [1.29, 1.82) is 0 Å². The summed E-state index contributed by atoms with van der Waals surface area (Å²) < 4.78 is 5.60. The minimum Gasteiger partial charge on any atom is -0.487 e. The number of nitrogen functional groups attached to an aromatic ring is 1. The van der Waals surface area contributed by atoms with Gasteiger partial charge in [0.15, 0.2) is 0 Å². The smallest absolute Gasteiger partial charge is 0.251 e. The minimum atomic E-state index is -0.0566. The Balaban J connectivity index is 2.05. The zero-order chi connectivity index (χ0) is 16.1. The van der Waals surface area contributed by atoms with Crippen molar-refractivity contribution in [1.82, 2.24) is 5.32 Å². The Morgan fingerprint density at radius 3 is 2.82 bits per heavy atom. The van der Waals surface area contributed by atoms with E-state index in [0.29, 0.717) is 29.5 Å². The second-order valence-corrected chi connectivity index (χ2v) is 6.34. The molecule has 0 heterocycles. The molecule has 0 aliphatic heterocycles. The van der Waals surface area contributed by atoms with E-state index in [4.69, 9.17) is 10.5 Å². The molecule has 1 fully saturated rings. The number of amides is 1. The molecule has 4 heteroatoms. The Bertz CT molecular complexity index is 554. The molecule has 0 radical (unpaired) electrons. The summed E-state index contributed by atoms with van der Waals surface area (Å²) in [4.78, 5) is 12.4. The number of carbonyl (C=O) groups is 1. The molecule has 0 bridgehead atoms. The van der Waals surface area contributed by atoms with Gasteiger partial charge in [0, 0.05) is 11.6 Å². The molecule has 1 aromatic rings. The van der Waals surface area contributed by atoms with E-state index in [1.54, 1.807) is 18.2 Å². The van der Waals surface area contributed by atoms with Crippen LogP contribution in [0.4, 0.5) is 5.69 Å². The number of ether oxygens (including phenoxy) is 1. The number of rotatable bonds is 5. The highest BCUT2D eigenvalue weighted by Crippen LogP contribution is 2.26. The molecule has 1 aliphatic rings. The van der Waals surface area contributed by atoms with Crippen LogP contribution in [0.15, 0.2) is 30.4 Å². The lowest BCUT2D eigenvalue weighted by Gasteiger charge is -2.29. The molecular weight excluding hydrogens is 276 g/mol. The molecule has 0 spiro atoms. The predicted octanol–water partition coefficient (Wildman–Crippen LogP) is 3.53. The summed E-state index contributed by atoms with van der Waals surface area (Å²) in [6.45, 7) is 8.28. The quantitative estimate of drug-likeness (QED) is 0.646. The van der Waals surface area contributed by atoms with Crippen molar-refractivity contribution in [2.24, 2.45) is 5.92 Å². The first kappa shape index (κ1) is 16.4. The lowest BCUT2D eigenvalue weighted by molar-refractivity contribution is 0.0910. The van der Waals surface area contributed by atoms with Crippen molar-refractivity contribution in [2.45, 2.75) is 45.6 Å². The number of nitrogens with two attached hydrogens (primary N) is 1. The average Bonchev–Trinajstić information content (AvgIpc) is 2.48. The van der Waals surface area contributed by atoms with Gasteiger partial charge in [-0.25, -0.2) is 0 Å². The van der Waals surface area contributed by atoms with Gasteiger partial charge < -0.3 is 15.8 Å². The highest BCUT2D eigenvalue weighted by Gasteiger charge is 2.23. The lowest BCUT2D eigenvalue weighted by atomic mass is 9.86. The molecule has 0 aromatic heterocycles. The normalized spacial score (nSPS) is 21.2. The second kappa shape index (κ2) is 7.34. The van der Waals surface area contributed by atoms with Crippen LogP contribution >= 0.6 is 0 Å². The van der Waals surface area contributed by atoms with Gasteiger partial charge in [-0.2, -0.15) is 0 Å². The van der Waals surface area contributed by atoms with E-state index in [1.807, 2.05) is 6.92 Å². The monoisotopic (exact) mass is 302 g/mol. The summed E-state index contributed by atoms with van der Waals surface area (Å²) in [6.07, 6.45) is 4.68. The molecule has 1 aliphatic carbocycles. The summed E-state index contributed by atoms with van der Waals surface area (Å²) in [5.41, 5.74) is 7.92. The van der Waals surface area contributed by atoms with E-state index in [0.717, 1.165) is 12.0 Å². The van der Waals surface area contributed by atoms with Gasteiger partial charge in [0.05, 0.1) is 5.69 Å². The SMILES string of the molecule is C=C(C)COc1cc(C(=O)NC2CCCCC2C)ccc1N. The van der Waals surface area contributed by atoms with Crippen LogP contribution in [0, 0.1) is 5.92 Å². The first-order valence-corrected chi connectivity index (χ1v) is 7.95. The van der Waals surface area contributed by atoms with E-state index in [1.165, 1.54) is 19.3 Å². The summed E-state index contributed by atoms with van der Waals surface area (Å²) in [5.74, 6) is 1.01. The summed E-state index contributed by atoms with van der Waals surface area (Å²) >= 11 is 0. The Kier molecular flexibility index (Phi) is 5.47. The lowest BCUT2D eigenvalue weighted by Crippen LogP contribution is -2.41. The van der Waals surface area contributed by atoms with Crippen LogP contribution in [-0.2, 0) is 0 Å². The first-order chi connectivity index (χ1) is 10.5. The van der Waals surface area contributed by atoms with Crippen LogP contribution in [0.2, 0.25) is 0 Å². The summed E-state index contributed by atoms with van der Waals surface area (Å²) in [5, 5.41) is 3.14. The van der Waals surface area contributed by atoms with Crippen molar-refractivity contribution in [3.05, 3.63) is 35.9 Å². The molecule has 1 aromatic carbocycles.